The molecule has 0 bridgehead atoms. The number of hydrogen-bond donors (Lipinski definition) is 4. The molecule has 0 aromatic heterocycles. The average molecular weight is 246 g/mol. The van der Waals surface area contributed by atoms with Gasteiger partial charge in [0, 0.05) is 37.7 Å². The van der Waals surface area contributed by atoms with Gasteiger partial charge < -0.3 is 14.7 Å². The van der Waals surface area contributed by atoms with E-state index in [0.717, 1.165) is 6.92 Å². The Morgan fingerprint density at radius 1 is 1.25 bits per heavy atom. The van der Waals surface area contributed by atoms with Gasteiger partial charge in [0.1, 0.15) is 0 Å². The summed E-state index contributed by atoms with van der Waals surface area (Å²) in [4.78, 5) is 25.2. The van der Waals surface area contributed by atoms with Crippen LogP contribution < -0.4 is 0 Å². The monoisotopic (exact) mass is 246 g/mol. The van der Waals surface area contributed by atoms with Crippen LogP contribution >= 0.6 is 15.2 Å². The van der Waals surface area contributed by atoms with Crippen LogP contribution in [-0.4, -0.2) is 63.1 Å². The normalized spacial score (nSPS) is 19.1. The average Bonchev–Trinajstić information content (AvgIpc) is 1.84. The molecule has 0 amide bonds. The molecule has 0 aliphatic rings. The fourth-order valence-corrected chi connectivity index (χ4v) is 2.04. The van der Waals surface area contributed by atoms with E-state index in [9.17, 15) is 9.13 Å². The summed E-state index contributed by atoms with van der Waals surface area (Å²) in [5, 5.41) is 5.85. The van der Waals surface area contributed by atoms with Crippen LogP contribution in [0.3, 0.4) is 0 Å². The van der Waals surface area contributed by atoms with E-state index in [2.05, 4.69) is 4.67 Å². The van der Waals surface area contributed by atoms with Gasteiger partial charge in [-0.05, 0) is 6.92 Å². The predicted octanol–water partition coefficient (Wildman–Crippen LogP) is -0.196. The standard InChI is InChI=1S/C2H8O7P2.Ca/c1-2(10(4,5)6)11(7,8)9-3;/h2-3H,1H3,(H,7,8)(H2,4,5,6);. The molecule has 12 heavy (non-hydrogen) atoms. The van der Waals surface area contributed by atoms with Gasteiger partial charge in [-0.25, -0.2) is 5.26 Å². The molecule has 70 valence electrons. The molecule has 0 saturated heterocycles. The van der Waals surface area contributed by atoms with E-state index < -0.39 is 20.6 Å². The van der Waals surface area contributed by atoms with Crippen LogP contribution in [0.4, 0.5) is 0 Å². The zero-order valence-electron chi connectivity index (χ0n) is 6.19. The Labute approximate surface area is 98.4 Å². The van der Waals surface area contributed by atoms with Gasteiger partial charge in [-0.15, -0.1) is 0 Å². The molecule has 0 aromatic rings. The summed E-state index contributed by atoms with van der Waals surface area (Å²) >= 11 is 0. The first-order chi connectivity index (χ1) is 4.72. The van der Waals surface area contributed by atoms with Crippen LogP contribution in [0, 0.1) is 0 Å². The van der Waals surface area contributed by atoms with Crippen LogP contribution in [0.15, 0.2) is 0 Å². The van der Waals surface area contributed by atoms with Crippen molar-refractivity contribution in [3.05, 3.63) is 0 Å². The minimum Gasteiger partial charge on any atom is -0.324 e. The summed E-state index contributed by atoms with van der Waals surface area (Å²) in [6.07, 6.45) is 0. The second kappa shape index (κ2) is 5.41. The van der Waals surface area contributed by atoms with Gasteiger partial charge in [0.25, 0.3) is 0 Å². The smallest absolute Gasteiger partial charge is 0.324 e. The maximum Gasteiger partial charge on any atom is 0.369 e. The molecule has 0 rings (SSSR count). The fourth-order valence-electron chi connectivity index (χ4n) is 0.258. The number of hydrogen-bond acceptors (Lipinski definition) is 4. The molecule has 10 heteroatoms. The zero-order chi connectivity index (χ0) is 9.28. The van der Waals surface area contributed by atoms with Crippen molar-refractivity contribution in [2.24, 2.45) is 0 Å². The molecule has 7 nitrogen and oxygen atoms in total. The van der Waals surface area contributed by atoms with Crippen LogP contribution in [0.25, 0.3) is 0 Å². The summed E-state index contributed by atoms with van der Waals surface area (Å²) in [5.74, 6) is 0. The van der Waals surface area contributed by atoms with Crippen LogP contribution in [-0.2, 0) is 13.8 Å². The second-order valence-electron chi connectivity index (χ2n) is 1.87. The van der Waals surface area contributed by atoms with Crippen molar-refractivity contribution in [2.75, 3.05) is 0 Å². The van der Waals surface area contributed by atoms with E-state index in [1.54, 1.807) is 0 Å². The van der Waals surface area contributed by atoms with Gasteiger partial charge in [0.05, 0.1) is 0 Å². The minimum absolute atomic E-state index is 0. The van der Waals surface area contributed by atoms with E-state index in [1.165, 1.54) is 0 Å². The summed E-state index contributed by atoms with van der Waals surface area (Å²) in [5.41, 5.74) is 0. The largest absolute Gasteiger partial charge is 0.369 e. The quantitative estimate of drug-likeness (QED) is 0.235. The molecule has 0 spiro atoms. The maximum absolute atomic E-state index is 10.5. The summed E-state index contributed by atoms with van der Waals surface area (Å²) in [7, 11) is -9.29. The van der Waals surface area contributed by atoms with E-state index in [-0.39, 0.29) is 37.7 Å². The van der Waals surface area contributed by atoms with Crippen molar-refractivity contribution < 1.29 is 33.7 Å². The SMILES string of the molecule is CC(P(=O)(O)O)P(=O)(O)OO.[Ca]. The van der Waals surface area contributed by atoms with Gasteiger partial charge in [0.15, 0.2) is 5.40 Å². The molecule has 4 N–H and O–H groups in total. The summed E-state index contributed by atoms with van der Waals surface area (Å²) < 4.78 is 23.9. The van der Waals surface area contributed by atoms with Gasteiger partial charge in [-0.3, -0.25) is 9.13 Å². The van der Waals surface area contributed by atoms with Gasteiger partial charge in [0.2, 0.25) is 0 Å². The Morgan fingerprint density at radius 3 is 1.67 bits per heavy atom. The zero-order valence-corrected chi connectivity index (χ0v) is 10.2. The Morgan fingerprint density at radius 2 is 1.58 bits per heavy atom. The van der Waals surface area contributed by atoms with Crippen molar-refractivity contribution in [1.82, 2.24) is 0 Å². The molecule has 0 saturated carbocycles. The topological polar surface area (TPSA) is 124 Å². The first-order valence-corrected chi connectivity index (χ1v) is 5.75. The van der Waals surface area contributed by atoms with Crippen LogP contribution in [0.1, 0.15) is 6.92 Å². The molecule has 0 fully saturated rings. The van der Waals surface area contributed by atoms with Crippen LogP contribution in [0.2, 0.25) is 0 Å². The Balaban J connectivity index is 0. The molecule has 2 unspecified atom stereocenters. The van der Waals surface area contributed by atoms with E-state index in [4.69, 9.17) is 19.9 Å². The van der Waals surface area contributed by atoms with E-state index in [0.29, 0.717) is 0 Å². The third-order valence-electron chi connectivity index (χ3n) is 1.08. The molecule has 0 aromatic carbocycles. The fraction of sp³-hybridized carbons (Fsp3) is 1.00. The Bertz CT molecular complexity index is 221. The maximum atomic E-state index is 10.5. The Hall–Kier alpha value is 1.52. The molecule has 2 radical (unpaired) electrons. The predicted molar refractivity (Wildman–Crippen MR) is 40.8 cm³/mol. The molecule has 0 aliphatic carbocycles. The molecular weight excluding hydrogens is 238 g/mol. The number of rotatable bonds is 3. The third kappa shape index (κ3) is 4.67. The molecule has 0 aliphatic heterocycles. The van der Waals surface area contributed by atoms with Crippen molar-refractivity contribution >= 4 is 52.9 Å². The second-order valence-corrected chi connectivity index (χ2v) is 6.29. The van der Waals surface area contributed by atoms with Gasteiger partial charge in [-0.1, -0.05) is 0 Å². The molecular formula is C2H8CaO7P2. The van der Waals surface area contributed by atoms with E-state index >= 15 is 0 Å². The summed E-state index contributed by atoms with van der Waals surface area (Å²) in [6, 6.07) is 0. The minimum atomic E-state index is -4.69. The van der Waals surface area contributed by atoms with Crippen molar-refractivity contribution in [2.45, 2.75) is 12.3 Å². The molecule has 0 heterocycles. The molecule has 2 atom stereocenters. The summed E-state index contributed by atoms with van der Waals surface area (Å²) in [6.45, 7) is 0.803. The third-order valence-corrected chi connectivity index (χ3v) is 5.01. The van der Waals surface area contributed by atoms with Gasteiger partial charge in [-0.2, -0.15) is 4.67 Å². The first kappa shape index (κ1) is 16.0. The van der Waals surface area contributed by atoms with Crippen molar-refractivity contribution in [3.63, 3.8) is 0 Å². The Kier molecular flexibility index (Phi) is 7.20. The van der Waals surface area contributed by atoms with Crippen LogP contribution in [0.5, 0.6) is 0 Å². The van der Waals surface area contributed by atoms with Crippen molar-refractivity contribution in [3.8, 4) is 0 Å². The van der Waals surface area contributed by atoms with Crippen molar-refractivity contribution in [1.29, 1.82) is 0 Å². The first-order valence-electron chi connectivity index (χ1n) is 2.42. The van der Waals surface area contributed by atoms with E-state index in [1.807, 2.05) is 0 Å². The van der Waals surface area contributed by atoms with Gasteiger partial charge >= 0.3 is 15.2 Å².